The highest BCUT2D eigenvalue weighted by molar-refractivity contribution is 4.99. The van der Waals surface area contributed by atoms with Crippen molar-refractivity contribution in [2.24, 2.45) is 0 Å². The summed E-state index contributed by atoms with van der Waals surface area (Å²) < 4.78 is 281. The lowest BCUT2D eigenvalue weighted by Gasteiger charge is -2.29. The lowest BCUT2D eigenvalue weighted by Crippen LogP contribution is -2.49. The number of halogens is 16. The third-order valence-electron chi connectivity index (χ3n) is 16.0. The Morgan fingerprint density at radius 3 is 0.341 bits per heavy atom. The van der Waals surface area contributed by atoms with Crippen LogP contribution in [0.4, 0.5) is 70.2 Å². The van der Waals surface area contributed by atoms with Crippen molar-refractivity contribution >= 4 is 0 Å². The second-order valence-corrected chi connectivity index (χ2v) is 22.0. The van der Waals surface area contributed by atoms with Gasteiger partial charge in [0, 0.05) is 0 Å². The SMILES string of the molecule is O[C@H]1[C@@H](F)[C@@H]2OC[C@@H](O2)[C@H]1F.O[C@H]1[C@@H](F)[C@@H]2OC[C@@H](O2)[C@H]1F.O[C@H]1[C@@H](F)[C@@H]2OC[C@@H](O2)[C@H]1F.O[C@H]1[C@@H](F)[C@@H]2OC[C@@H](O2)[C@H]1F.O[C@H]1[C@@H](F)[C@@H]2OC[C@@H](O2)[C@H]1F.O[C@H]1[C@@H](F)[C@@H]2OC[C@@H](O2)[C@H]1F.O[C@H]1[C@@H](F)[C@@H]2OC[C@@H](O2)[C@H]1F.O[C@H]1[C@@H](F)[C@@H]2OC[C@@H](O2)[C@H]1F. The maximum atomic E-state index is 12.8. The van der Waals surface area contributed by atoms with E-state index >= 15 is 0 Å². The van der Waals surface area contributed by atoms with Crippen LogP contribution in [0.3, 0.4) is 0 Å². The average molecular weight is 1330 g/mol. The van der Waals surface area contributed by atoms with Gasteiger partial charge in [0.1, 0.15) is 97.7 Å². The Kier molecular flexibility index (Phi) is 23.7. The molecule has 0 aromatic rings. The largest absolute Gasteiger partial charge is 0.387 e. The molecule has 0 saturated carbocycles. The molecule has 16 aliphatic heterocycles. The first-order valence-corrected chi connectivity index (χ1v) is 27.5. The van der Waals surface area contributed by atoms with E-state index in [1.807, 2.05) is 0 Å². The smallest absolute Gasteiger partial charge is 0.192 e. The summed E-state index contributed by atoms with van der Waals surface area (Å²) in [6, 6.07) is 0. The van der Waals surface area contributed by atoms with Crippen LogP contribution in [0.1, 0.15) is 0 Å². The highest BCUT2D eigenvalue weighted by Crippen LogP contribution is 2.38. The van der Waals surface area contributed by atoms with Crippen LogP contribution in [-0.4, -0.2) is 340 Å². The van der Waals surface area contributed by atoms with E-state index in [1.54, 1.807) is 0 Å². The van der Waals surface area contributed by atoms with Gasteiger partial charge in [0.25, 0.3) is 0 Å². The van der Waals surface area contributed by atoms with Crippen LogP contribution < -0.4 is 0 Å². The minimum Gasteiger partial charge on any atom is -0.387 e. The first-order valence-electron chi connectivity index (χ1n) is 27.5. The number of aliphatic hydroxyl groups excluding tert-OH is 8. The van der Waals surface area contributed by atoms with Crippen LogP contribution in [0, 0.1) is 0 Å². The summed E-state index contributed by atoms with van der Waals surface area (Å²) in [6.45, 7) is 0.249. The Labute approximate surface area is 486 Å². The molecule has 16 fully saturated rings. The van der Waals surface area contributed by atoms with Gasteiger partial charge in [-0.15, -0.1) is 0 Å². The number of fused-ring (bicyclic) bond motifs is 16. The molecule has 16 heterocycles. The number of ether oxygens (including phenoxy) is 16. The third-order valence-corrected chi connectivity index (χ3v) is 16.0. The Bertz CT molecular complexity index is 1600. The molecule has 16 rings (SSSR count). The van der Waals surface area contributed by atoms with Crippen LogP contribution in [0.2, 0.25) is 0 Å². The molecule has 16 saturated heterocycles. The molecule has 512 valence electrons. The second-order valence-electron chi connectivity index (χ2n) is 22.0. The maximum Gasteiger partial charge on any atom is 0.192 e. The monoisotopic (exact) mass is 1330 g/mol. The molecule has 0 spiro atoms. The van der Waals surface area contributed by atoms with Gasteiger partial charge in [-0.3, -0.25) is 0 Å². The fraction of sp³-hybridized carbons (Fsp3) is 1.00. The minimum atomic E-state index is -1.76. The first kappa shape index (κ1) is 70.2. The lowest BCUT2D eigenvalue weighted by atomic mass is 10.0. The van der Waals surface area contributed by atoms with Crippen LogP contribution in [0.25, 0.3) is 0 Å². The normalized spacial score (nSPS) is 56.5. The molecular weight excluding hydrogens is 1260 g/mol. The summed E-state index contributed by atoms with van der Waals surface area (Å²) in [4.78, 5) is 0. The van der Waals surface area contributed by atoms with Crippen molar-refractivity contribution in [1.29, 1.82) is 0 Å². The van der Waals surface area contributed by atoms with Gasteiger partial charge < -0.3 is 117 Å². The molecule has 0 radical (unpaired) electrons. The Morgan fingerprint density at radius 2 is 0.250 bits per heavy atom. The first-order chi connectivity index (χ1) is 41.6. The molecular formula is C48H64F16O24. The van der Waals surface area contributed by atoms with Crippen molar-refractivity contribution in [3.05, 3.63) is 0 Å². The third kappa shape index (κ3) is 14.7. The maximum absolute atomic E-state index is 12.8. The zero-order valence-corrected chi connectivity index (χ0v) is 44.9. The summed E-state index contributed by atoms with van der Waals surface area (Å²) in [5.74, 6) is 0. The molecule has 40 heteroatoms. The van der Waals surface area contributed by atoms with Crippen LogP contribution in [0.5, 0.6) is 0 Å². The van der Waals surface area contributed by atoms with Crippen molar-refractivity contribution in [1.82, 2.24) is 0 Å². The van der Waals surface area contributed by atoms with Crippen LogP contribution in [-0.2, 0) is 75.8 Å². The summed E-state index contributed by atoms with van der Waals surface area (Å²) in [7, 11) is 0. The number of hydrogen-bond acceptors (Lipinski definition) is 24. The fourth-order valence-corrected chi connectivity index (χ4v) is 10.6. The molecule has 40 atom stereocenters. The van der Waals surface area contributed by atoms with Crippen molar-refractivity contribution < 1.29 is 187 Å². The lowest BCUT2D eigenvalue weighted by molar-refractivity contribution is -0.192. The predicted molar refractivity (Wildman–Crippen MR) is 243 cm³/mol. The molecule has 8 N–H and O–H groups in total. The van der Waals surface area contributed by atoms with Crippen molar-refractivity contribution in [3.8, 4) is 0 Å². The number of aliphatic hydroxyl groups is 8. The van der Waals surface area contributed by atoms with Gasteiger partial charge in [-0.25, -0.2) is 70.2 Å². The summed E-state index contributed by atoms with van der Waals surface area (Å²) in [5, 5.41) is 71.3. The van der Waals surface area contributed by atoms with E-state index in [4.69, 9.17) is 117 Å². The highest BCUT2D eigenvalue weighted by atomic mass is 19.2. The molecule has 0 aromatic heterocycles. The van der Waals surface area contributed by atoms with E-state index in [1.165, 1.54) is 0 Å². The van der Waals surface area contributed by atoms with Gasteiger partial charge in [0.15, 0.2) is 149 Å². The molecule has 0 aliphatic carbocycles. The van der Waals surface area contributed by atoms with E-state index in [0.717, 1.165) is 0 Å². The van der Waals surface area contributed by atoms with Crippen molar-refractivity contribution in [3.63, 3.8) is 0 Å². The minimum absolute atomic E-state index is 0.0311. The number of rotatable bonds is 0. The standard InChI is InChI=1S/8C6H8F2O3/c8*7-3-2-1-10-6(11-2)4(8)5(3)9/h8*2-6,9H,1H2/t8*2-,3-,4-,5-,6-/m11111111/s1. The molecule has 0 amide bonds. The van der Waals surface area contributed by atoms with Crippen LogP contribution in [0.15, 0.2) is 0 Å². The van der Waals surface area contributed by atoms with E-state index < -0.39 is 247 Å². The molecule has 0 unspecified atom stereocenters. The zero-order chi connectivity index (χ0) is 64.1. The van der Waals surface area contributed by atoms with Gasteiger partial charge in [-0.2, -0.15) is 0 Å². The number of hydrogen-bond donors (Lipinski definition) is 8. The molecule has 16 aliphatic rings. The van der Waals surface area contributed by atoms with E-state index in [-0.39, 0.29) is 52.9 Å². The van der Waals surface area contributed by atoms with E-state index in [0.29, 0.717) is 0 Å². The number of alkyl halides is 16. The topological polar surface area (TPSA) is 310 Å². The average Bonchev–Trinajstić information content (AvgIpc) is 4.57. The Balaban J connectivity index is 0.000000120. The summed E-state index contributed by atoms with van der Waals surface area (Å²) >= 11 is 0. The van der Waals surface area contributed by atoms with Crippen molar-refractivity contribution in [2.75, 3.05) is 52.9 Å². The quantitative estimate of drug-likeness (QED) is 0.125. The summed E-state index contributed by atoms with van der Waals surface area (Å²) in [6.07, 6.45) is -55.0. The molecule has 16 bridgehead atoms. The Hall–Kier alpha value is -2.08. The van der Waals surface area contributed by atoms with E-state index in [9.17, 15) is 70.2 Å². The Morgan fingerprint density at radius 1 is 0.159 bits per heavy atom. The highest BCUT2D eigenvalue weighted by Gasteiger charge is 2.57. The molecule has 0 aromatic carbocycles. The predicted octanol–water partition coefficient (Wildman–Crippen LogP) is -1.77. The van der Waals surface area contributed by atoms with Gasteiger partial charge >= 0.3 is 0 Å². The molecule has 24 nitrogen and oxygen atoms in total. The summed E-state index contributed by atoms with van der Waals surface area (Å²) in [5.41, 5.74) is 0. The van der Waals surface area contributed by atoms with Crippen LogP contribution >= 0.6 is 0 Å². The van der Waals surface area contributed by atoms with Gasteiger partial charge in [-0.1, -0.05) is 0 Å². The fourth-order valence-electron chi connectivity index (χ4n) is 10.6. The zero-order valence-electron chi connectivity index (χ0n) is 44.9. The van der Waals surface area contributed by atoms with Crippen molar-refractivity contribution in [2.45, 2.75) is 247 Å². The second kappa shape index (κ2) is 29.7. The van der Waals surface area contributed by atoms with Gasteiger partial charge in [-0.05, 0) is 0 Å². The van der Waals surface area contributed by atoms with Gasteiger partial charge in [0.05, 0.1) is 52.9 Å². The van der Waals surface area contributed by atoms with E-state index in [2.05, 4.69) is 0 Å². The molecule has 88 heavy (non-hydrogen) atoms. The van der Waals surface area contributed by atoms with Gasteiger partial charge in [0.2, 0.25) is 0 Å².